The van der Waals surface area contributed by atoms with E-state index in [1.165, 1.54) is 13.2 Å². The molecule has 4 aliphatic rings. The Kier molecular flexibility index (Phi) is 5.22. The number of rotatable bonds is 1. The number of ketones is 1. The van der Waals surface area contributed by atoms with Crippen LogP contribution >= 0.6 is 0 Å². The van der Waals surface area contributed by atoms with Gasteiger partial charge in [-0.3, -0.25) is 9.59 Å². The molecule has 0 bridgehead atoms. The number of cyclic esters (lactones) is 1. The van der Waals surface area contributed by atoms with Crippen LogP contribution in [0.25, 0.3) is 0 Å². The quantitative estimate of drug-likeness (QED) is 0.445. The summed E-state index contributed by atoms with van der Waals surface area (Å²) >= 11 is 0. The van der Waals surface area contributed by atoms with Gasteiger partial charge in [0.1, 0.15) is 22.9 Å². The lowest BCUT2D eigenvalue weighted by Gasteiger charge is -2.57. The summed E-state index contributed by atoms with van der Waals surface area (Å²) in [5, 5.41) is 0. The van der Waals surface area contributed by atoms with Gasteiger partial charge in [-0.15, -0.1) is 0 Å². The highest BCUT2D eigenvalue weighted by Crippen LogP contribution is 2.64. The van der Waals surface area contributed by atoms with Crippen molar-refractivity contribution in [1.29, 1.82) is 0 Å². The van der Waals surface area contributed by atoms with Gasteiger partial charge in [-0.2, -0.15) is 0 Å². The molecule has 0 amide bonds. The van der Waals surface area contributed by atoms with E-state index in [0.717, 1.165) is 18.4 Å². The highest BCUT2D eigenvalue weighted by atomic mass is 16.6. The van der Waals surface area contributed by atoms with E-state index in [9.17, 15) is 14.4 Å². The predicted octanol–water partition coefficient (Wildman–Crippen LogP) is 4.30. The van der Waals surface area contributed by atoms with Gasteiger partial charge in [0.15, 0.2) is 5.78 Å². The van der Waals surface area contributed by atoms with Crippen LogP contribution < -0.4 is 0 Å². The van der Waals surface area contributed by atoms with Crippen molar-refractivity contribution in [2.75, 3.05) is 7.11 Å². The number of allylic oxidation sites excluding steroid dienone is 3. The van der Waals surface area contributed by atoms with E-state index in [2.05, 4.69) is 13.8 Å². The minimum absolute atomic E-state index is 0.0636. The fourth-order valence-electron chi connectivity index (χ4n) is 6.83. The van der Waals surface area contributed by atoms with E-state index in [1.54, 1.807) is 6.92 Å². The summed E-state index contributed by atoms with van der Waals surface area (Å²) < 4.78 is 17.6. The summed E-state index contributed by atoms with van der Waals surface area (Å²) in [6.45, 7) is 11.9. The first-order chi connectivity index (χ1) is 14.9. The van der Waals surface area contributed by atoms with Gasteiger partial charge in [-0.1, -0.05) is 32.9 Å². The molecule has 1 saturated carbocycles. The summed E-state index contributed by atoms with van der Waals surface area (Å²) in [7, 11) is 1.31. The second-order valence-electron chi connectivity index (χ2n) is 10.7. The number of Topliss-reactive ketones (excluding diaryl/α,β-unsaturated/α-hetero) is 1. The molecule has 6 unspecified atom stereocenters. The van der Waals surface area contributed by atoms with Crippen molar-refractivity contribution in [2.45, 2.75) is 72.0 Å². The van der Waals surface area contributed by atoms with Gasteiger partial charge in [-0.25, -0.2) is 4.79 Å². The van der Waals surface area contributed by atoms with Crippen LogP contribution in [0.2, 0.25) is 0 Å². The lowest BCUT2D eigenvalue weighted by Crippen LogP contribution is -2.61. The Bertz CT molecular complexity index is 969. The van der Waals surface area contributed by atoms with E-state index in [1.807, 2.05) is 32.9 Å². The minimum Gasteiger partial charge on any atom is -0.485 e. The number of esters is 2. The van der Waals surface area contributed by atoms with Crippen molar-refractivity contribution in [2.24, 2.45) is 29.1 Å². The number of carbonyl (C=O) groups is 3. The molecule has 0 N–H and O–H groups in total. The third kappa shape index (κ3) is 3.01. The Morgan fingerprint density at radius 3 is 2.47 bits per heavy atom. The molecule has 1 spiro atoms. The van der Waals surface area contributed by atoms with Crippen molar-refractivity contribution in [1.82, 2.24) is 0 Å². The average molecular weight is 443 g/mol. The molecule has 2 aliphatic carbocycles. The Morgan fingerprint density at radius 1 is 1.12 bits per heavy atom. The molecule has 1 saturated heterocycles. The number of ether oxygens (including phenoxy) is 3. The molecular weight excluding hydrogens is 408 g/mol. The maximum Gasteiger partial charge on any atom is 0.330 e. The van der Waals surface area contributed by atoms with Crippen molar-refractivity contribution in [3.63, 3.8) is 0 Å². The van der Waals surface area contributed by atoms with Gasteiger partial charge < -0.3 is 14.2 Å². The molecule has 0 aromatic rings. The maximum absolute atomic E-state index is 13.3. The third-order valence-corrected chi connectivity index (χ3v) is 8.56. The highest BCUT2D eigenvalue weighted by Gasteiger charge is 2.66. The number of hydrogen-bond acceptors (Lipinski definition) is 6. The molecule has 6 nitrogen and oxygen atoms in total. The molecule has 6 atom stereocenters. The minimum atomic E-state index is -0.861. The standard InChI is InChI=1S/C26H34O6/c1-14-12-17-13-26(32-22(17)16(3)21(28)20(14)23(29)30-7)15(2)8-9-18-24(4,5)31-19(27)10-11-25(18,26)6/h10-12,14-15,18,20H,8-9,13H2,1-7H3. The predicted molar refractivity (Wildman–Crippen MR) is 118 cm³/mol. The maximum atomic E-state index is 13.3. The first-order valence-corrected chi connectivity index (χ1v) is 11.5. The molecule has 2 heterocycles. The second-order valence-corrected chi connectivity index (χ2v) is 10.7. The van der Waals surface area contributed by atoms with E-state index < -0.39 is 28.5 Å². The lowest BCUT2D eigenvalue weighted by molar-refractivity contribution is -0.190. The number of carbonyl (C=O) groups excluding carboxylic acids is 3. The van der Waals surface area contributed by atoms with Crippen LogP contribution in [-0.4, -0.2) is 36.0 Å². The normalized spacial score (nSPS) is 40.5. The van der Waals surface area contributed by atoms with E-state index in [4.69, 9.17) is 14.2 Å². The Hall–Kier alpha value is -2.37. The molecule has 6 heteroatoms. The van der Waals surface area contributed by atoms with E-state index in [0.29, 0.717) is 17.8 Å². The number of methoxy groups -OCH3 is 1. The Labute approximate surface area is 190 Å². The van der Waals surface area contributed by atoms with Crippen LogP contribution in [0, 0.1) is 29.1 Å². The summed E-state index contributed by atoms with van der Waals surface area (Å²) in [4.78, 5) is 38.0. The average Bonchev–Trinajstić information content (AvgIpc) is 3.02. The monoisotopic (exact) mass is 442 g/mol. The van der Waals surface area contributed by atoms with Crippen molar-refractivity contribution in [3.05, 3.63) is 35.1 Å². The number of fused-ring (bicyclic) bond motifs is 3. The first kappa shape index (κ1) is 22.8. The molecule has 32 heavy (non-hydrogen) atoms. The van der Waals surface area contributed by atoms with Crippen LogP contribution in [0.15, 0.2) is 35.1 Å². The third-order valence-electron chi connectivity index (χ3n) is 8.56. The molecule has 174 valence electrons. The van der Waals surface area contributed by atoms with Gasteiger partial charge in [-0.05, 0) is 51.0 Å². The van der Waals surface area contributed by atoms with Gasteiger partial charge in [0.2, 0.25) is 0 Å². The van der Waals surface area contributed by atoms with Crippen molar-refractivity contribution < 1.29 is 28.6 Å². The van der Waals surface area contributed by atoms with Gasteiger partial charge in [0.05, 0.1) is 7.11 Å². The number of hydrogen-bond donors (Lipinski definition) is 0. The van der Waals surface area contributed by atoms with E-state index >= 15 is 0 Å². The molecule has 0 radical (unpaired) electrons. The molecule has 0 aromatic heterocycles. The topological polar surface area (TPSA) is 78.9 Å². The van der Waals surface area contributed by atoms with Gasteiger partial charge in [0, 0.05) is 29.4 Å². The van der Waals surface area contributed by atoms with Crippen molar-refractivity contribution >= 4 is 17.7 Å². The molecule has 2 aliphatic heterocycles. The van der Waals surface area contributed by atoms with Crippen LogP contribution in [0.4, 0.5) is 0 Å². The first-order valence-electron chi connectivity index (χ1n) is 11.5. The fourth-order valence-corrected chi connectivity index (χ4v) is 6.83. The fraction of sp³-hybridized carbons (Fsp3) is 0.654. The highest BCUT2D eigenvalue weighted by molar-refractivity contribution is 6.09. The van der Waals surface area contributed by atoms with Gasteiger partial charge in [0.25, 0.3) is 0 Å². The summed E-state index contributed by atoms with van der Waals surface area (Å²) in [5.74, 6) is -1.41. The van der Waals surface area contributed by atoms with Crippen LogP contribution in [0.5, 0.6) is 0 Å². The molecule has 4 rings (SSSR count). The Morgan fingerprint density at radius 2 is 1.81 bits per heavy atom. The smallest absolute Gasteiger partial charge is 0.330 e. The Balaban J connectivity index is 1.86. The summed E-state index contributed by atoms with van der Waals surface area (Å²) in [6, 6.07) is 0. The van der Waals surface area contributed by atoms with Crippen LogP contribution in [0.1, 0.15) is 60.8 Å². The van der Waals surface area contributed by atoms with Crippen molar-refractivity contribution in [3.8, 4) is 0 Å². The molecular formula is C26H34O6. The zero-order valence-electron chi connectivity index (χ0n) is 20.1. The largest absolute Gasteiger partial charge is 0.485 e. The summed E-state index contributed by atoms with van der Waals surface area (Å²) in [6.07, 6.45) is 8.00. The summed E-state index contributed by atoms with van der Waals surface area (Å²) in [5.41, 5.74) is -0.304. The van der Waals surface area contributed by atoms with Crippen LogP contribution in [-0.2, 0) is 28.6 Å². The molecule has 0 aromatic carbocycles. The van der Waals surface area contributed by atoms with Gasteiger partial charge >= 0.3 is 11.9 Å². The van der Waals surface area contributed by atoms with Crippen LogP contribution in [0.3, 0.4) is 0 Å². The lowest BCUT2D eigenvalue weighted by atomic mass is 9.50. The zero-order chi connectivity index (χ0) is 23.6. The SMILES string of the molecule is COC(=O)C1C(=O)C(C)=C2OC3(CC2=CC1C)C(C)CCC1C(C)(C)OC(=O)C=CC13C. The van der Waals surface area contributed by atoms with E-state index in [-0.39, 0.29) is 29.5 Å². The zero-order valence-corrected chi connectivity index (χ0v) is 20.1. The molecule has 2 fully saturated rings. The second kappa shape index (κ2) is 7.32.